The molecule has 2 aromatic carbocycles. The number of likely N-dealkylation sites (N-methyl/N-ethyl adjacent to an activating group) is 1. The van der Waals surface area contributed by atoms with Crippen molar-refractivity contribution in [2.24, 2.45) is 10.2 Å². The number of benzene rings is 2. The summed E-state index contributed by atoms with van der Waals surface area (Å²) >= 11 is 0. The van der Waals surface area contributed by atoms with E-state index in [0.717, 1.165) is 12.1 Å². The number of quaternary nitrogens is 1. The summed E-state index contributed by atoms with van der Waals surface area (Å²) in [6, 6.07) is 14.8. The highest BCUT2D eigenvalue weighted by atomic mass is 19.4. The van der Waals surface area contributed by atoms with Crippen molar-refractivity contribution in [3.8, 4) is 5.75 Å². The summed E-state index contributed by atoms with van der Waals surface area (Å²) in [4.78, 5) is 11.4. The van der Waals surface area contributed by atoms with Gasteiger partial charge in [0.1, 0.15) is 18.9 Å². The van der Waals surface area contributed by atoms with Crippen LogP contribution in [0.4, 0.5) is 42.1 Å². The first-order valence-corrected chi connectivity index (χ1v) is 14.3. The number of amides is 1. The van der Waals surface area contributed by atoms with Crippen molar-refractivity contribution in [2.45, 2.75) is 69.9 Å². The zero-order chi connectivity index (χ0) is 32.2. The monoisotopic (exact) mass is 621 g/mol. The SMILES string of the molecule is CCCCCCCCc1ccc(N=Nc2ccc(OCC[N+](C)(C)CCNC(=O)C(F)(F)C(F)(F)C(F)(F)F)cc2)cc1. The lowest BCUT2D eigenvalue weighted by Crippen LogP contribution is -2.60. The molecule has 0 aliphatic rings. The van der Waals surface area contributed by atoms with Gasteiger partial charge in [-0.3, -0.25) is 4.79 Å². The number of aryl methyl sites for hydroxylation is 1. The van der Waals surface area contributed by atoms with Gasteiger partial charge in [0, 0.05) is 0 Å². The van der Waals surface area contributed by atoms with Gasteiger partial charge in [0.2, 0.25) is 0 Å². The van der Waals surface area contributed by atoms with Crippen molar-refractivity contribution in [1.82, 2.24) is 5.32 Å². The Morgan fingerprint density at radius 1 is 0.791 bits per heavy atom. The number of alkyl halides is 7. The van der Waals surface area contributed by atoms with Gasteiger partial charge in [-0.1, -0.05) is 51.2 Å². The first-order chi connectivity index (χ1) is 20.1. The number of carbonyl (C=O) groups is 1. The number of hydrogen-bond acceptors (Lipinski definition) is 4. The van der Waals surface area contributed by atoms with Crippen molar-refractivity contribution in [1.29, 1.82) is 0 Å². The molecule has 0 unspecified atom stereocenters. The van der Waals surface area contributed by atoms with E-state index < -0.39 is 30.5 Å². The van der Waals surface area contributed by atoms with Crippen molar-refractivity contribution in [2.75, 3.05) is 40.3 Å². The summed E-state index contributed by atoms with van der Waals surface area (Å²) in [5.74, 6) is -14.6. The van der Waals surface area contributed by atoms with Gasteiger partial charge < -0.3 is 14.5 Å². The summed E-state index contributed by atoms with van der Waals surface area (Å²) in [6.07, 6.45) is 2.01. The smallest absolute Gasteiger partial charge is 0.460 e. The molecule has 13 heteroatoms. The number of halogens is 7. The Labute approximate surface area is 247 Å². The summed E-state index contributed by atoms with van der Waals surface area (Å²) in [6.45, 7) is 2.13. The highest BCUT2D eigenvalue weighted by Gasteiger charge is 2.76. The Kier molecular flexibility index (Phi) is 13.4. The molecule has 2 rings (SSSR count). The van der Waals surface area contributed by atoms with E-state index in [0.29, 0.717) is 18.0 Å². The molecule has 0 radical (unpaired) electrons. The molecule has 0 heterocycles. The van der Waals surface area contributed by atoms with Gasteiger partial charge in [0.05, 0.1) is 38.6 Å². The number of unbranched alkanes of at least 4 members (excludes halogenated alkanes) is 5. The molecule has 2 aromatic rings. The van der Waals surface area contributed by atoms with Gasteiger partial charge >= 0.3 is 18.0 Å². The van der Waals surface area contributed by atoms with Crippen molar-refractivity contribution in [3.63, 3.8) is 0 Å². The maximum atomic E-state index is 13.4. The molecular formula is C30H40F7N4O2+. The van der Waals surface area contributed by atoms with E-state index in [2.05, 4.69) is 29.3 Å². The fourth-order valence-electron chi connectivity index (χ4n) is 3.99. The molecule has 6 nitrogen and oxygen atoms in total. The molecule has 43 heavy (non-hydrogen) atoms. The standard InChI is InChI=1S/C30H39F7N4O2/c1-4-5-6-7-8-9-10-23-11-13-24(14-12-23)39-40-25-15-17-26(18-16-25)43-22-21-41(2,3)20-19-38-27(42)28(31,32)29(33,34)30(35,36)37/h11-18H,4-10,19-22H2,1-3H3/p+1. The first kappa shape index (κ1) is 36.0. The molecule has 0 aliphatic heterocycles. The van der Waals surface area contributed by atoms with Crippen molar-refractivity contribution in [3.05, 3.63) is 54.1 Å². The fourth-order valence-corrected chi connectivity index (χ4v) is 3.99. The molecule has 1 N–H and O–H groups in total. The third-order valence-electron chi connectivity index (χ3n) is 6.88. The van der Waals surface area contributed by atoms with Crippen LogP contribution in [-0.4, -0.2) is 68.7 Å². The molecule has 1 amide bonds. The molecule has 0 spiro atoms. The molecular weight excluding hydrogens is 581 g/mol. The van der Waals surface area contributed by atoms with Gasteiger partial charge in [0.25, 0.3) is 5.91 Å². The van der Waals surface area contributed by atoms with Crippen molar-refractivity contribution < 1.29 is 44.7 Å². The minimum Gasteiger partial charge on any atom is -0.488 e. The summed E-state index contributed by atoms with van der Waals surface area (Å²) in [7, 11) is 3.31. The van der Waals surface area contributed by atoms with Crippen LogP contribution in [0.15, 0.2) is 58.8 Å². The summed E-state index contributed by atoms with van der Waals surface area (Å²) in [5, 5.41) is 9.96. The Bertz CT molecular complexity index is 1150. The maximum Gasteiger partial charge on any atom is 0.460 e. The number of carbonyl (C=O) groups excluding carboxylic acids is 1. The van der Waals surface area contributed by atoms with E-state index in [4.69, 9.17) is 4.74 Å². The lowest BCUT2D eigenvalue weighted by molar-refractivity contribution is -0.889. The van der Waals surface area contributed by atoms with E-state index in [1.54, 1.807) is 38.4 Å². The lowest BCUT2D eigenvalue weighted by Gasteiger charge is -2.31. The second kappa shape index (κ2) is 16.0. The van der Waals surface area contributed by atoms with E-state index in [1.165, 1.54) is 49.4 Å². The Morgan fingerprint density at radius 3 is 1.88 bits per heavy atom. The zero-order valence-corrected chi connectivity index (χ0v) is 24.7. The number of nitrogens with zero attached hydrogens (tertiary/aromatic N) is 3. The predicted octanol–water partition coefficient (Wildman–Crippen LogP) is 8.41. The van der Waals surface area contributed by atoms with Crippen LogP contribution in [0, 0.1) is 0 Å². The number of hydrogen-bond donors (Lipinski definition) is 1. The van der Waals surface area contributed by atoms with Gasteiger partial charge in [-0.15, -0.1) is 0 Å². The number of nitrogens with one attached hydrogen (secondary N) is 1. The average molecular weight is 622 g/mol. The average Bonchev–Trinajstić information content (AvgIpc) is 2.94. The van der Waals surface area contributed by atoms with Gasteiger partial charge in [-0.2, -0.15) is 41.0 Å². The fraction of sp³-hybridized carbons (Fsp3) is 0.567. The van der Waals surface area contributed by atoms with Crippen LogP contribution in [0.5, 0.6) is 5.75 Å². The number of rotatable bonds is 18. The molecule has 0 atom stereocenters. The Morgan fingerprint density at radius 2 is 1.33 bits per heavy atom. The minimum absolute atomic E-state index is 0.0257. The van der Waals surface area contributed by atoms with Gasteiger partial charge in [-0.25, -0.2) is 0 Å². The summed E-state index contributed by atoms with van der Waals surface area (Å²) < 4.78 is 95.4. The van der Waals surface area contributed by atoms with Crippen LogP contribution < -0.4 is 10.1 Å². The topological polar surface area (TPSA) is 63.1 Å². The molecule has 0 bridgehead atoms. The lowest BCUT2D eigenvalue weighted by atomic mass is 10.0. The quantitative estimate of drug-likeness (QED) is 0.0787. The highest BCUT2D eigenvalue weighted by molar-refractivity contribution is 5.84. The van der Waals surface area contributed by atoms with Crippen molar-refractivity contribution >= 4 is 17.3 Å². The van der Waals surface area contributed by atoms with Gasteiger partial charge in [-0.05, 0) is 54.8 Å². The van der Waals surface area contributed by atoms with Crippen LogP contribution >= 0.6 is 0 Å². The molecule has 0 saturated carbocycles. The Balaban J connectivity index is 1.74. The normalized spacial score (nSPS) is 13.0. The second-order valence-electron chi connectivity index (χ2n) is 11.0. The summed E-state index contributed by atoms with van der Waals surface area (Å²) in [5.41, 5.74) is 2.62. The van der Waals surface area contributed by atoms with Gasteiger partial charge in [0.15, 0.2) is 0 Å². The largest absolute Gasteiger partial charge is 0.488 e. The molecule has 240 valence electrons. The van der Waals surface area contributed by atoms with E-state index in [9.17, 15) is 35.5 Å². The van der Waals surface area contributed by atoms with Crippen LogP contribution in [0.2, 0.25) is 0 Å². The number of azo groups is 1. The van der Waals surface area contributed by atoms with Crippen LogP contribution in [0.25, 0.3) is 0 Å². The molecule has 0 aromatic heterocycles. The zero-order valence-electron chi connectivity index (χ0n) is 24.7. The van der Waals surface area contributed by atoms with Crippen LogP contribution in [0.3, 0.4) is 0 Å². The minimum atomic E-state index is -6.57. The van der Waals surface area contributed by atoms with E-state index in [-0.39, 0.29) is 17.6 Å². The van der Waals surface area contributed by atoms with Crippen LogP contribution in [-0.2, 0) is 11.2 Å². The van der Waals surface area contributed by atoms with E-state index in [1.807, 2.05) is 12.1 Å². The maximum absolute atomic E-state index is 13.4. The second-order valence-corrected chi connectivity index (χ2v) is 11.0. The predicted molar refractivity (Wildman–Crippen MR) is 150 cm³/mol. The Hall–Kier alpha value is -3.22. The first-order valence-electron chi connectivity index (χ1n) is 14.3. The third kappa shape index (κ3) is 11.4. The molecule has 0 fully saturated rings. The van der Waals surface area contributed by atoms with Crippen LogP contribution in [0.1, 0.15) is 51.0 Å². The molecule has 0 saturated heterocycles. The molecule has 0 aliphatic carbocycles. The number of ether oxygens (including phenoxy) is 1. The third-order valence-corrected chi connectivity index (χ3v) is 6.88. The highest BCUT2D eigenvalue weighted by Crippen LogP contribution is 2.46. The van der Waals surface area contributed by atoms with E-state index >= 15 is 0 Å².